The molecular weight excluding hydrogens is 354 g/mol. The van der Waals surface area contributed by atoms with E-state index < -0.39 is 0 Å². The number of nitrogens with zero attached hydrogens (tertiary/aromatic N) is 2. The van der Waals surface area contributed by atoms with Crippen LogP contribution in [0.15, 0.2) is 23.3 Å². The molecule has 0 unspecified atom stereocenters. The highest BCUT2D eigenvalue weighted by Gasteiger charge is 2.51. The molecule has 4 aliphatic carbocycles. The number of amides is 1. The minimum absolute atomic E-state index is 0.0131. The van der Waals surface area contributed by atoms with E-state index in [9.17, 15) is 4.79 Å². The fourth-order valence-corrected chi connectivity index (χ4v) is 6.06. The van der Waals surface area contributed by atoms with Crippen molar-refractivity contribution < 1.29 is 14.3 Å². The third kappa shape index (κ3) is 3.99. The van der Waals surface area contributed by atoms with Gasteiger partial charge in [0.15, 0.2) is 18.1 Å². The first-order valence-electron chi connectivity index (χ1n) is 10.1. The molecule has 5 rings (SSSR count). The van der Waals surface area contributed by atoms with E-state index >= 15 is 0 Å². The van der Waals surface area contributed by atoms with E-state index in [2.05, 4.69) is 10.5 Å². The van der Waals surface area contributed by atoms with E-state index in [0.717, 1.165) is 23.3 Å². The van der Waals surface area contributed by atoms with Gasteiger partial charge >= 0.3 is 0 Å². The molecule has 4 bridgehead atoms. The van der Waals surface area contributed by atoms with Gasteiger partial charge in [-0.2, -0.15) is 10.4 Å². The fraction of sp³-hybridized carbons (Fsp3) is 0.591. The maximum Gasteiger partial charge on any atom is 0.240 e. The molecule has 1 aromatic rings. The van der Waals surface area contributed by atoms with Crippen LogP contribution in [0.3, 0.4) is 0 Å². The number of ether oxygens (including phenoxy) is 2. The van der Waals surface area contributed by atoms with Crippen LogP contribution in [0.2, 0.25) is 0 Å². The molecule has 4 saturated carbocycles. The number of benzene rings is 1. The van der Waals surface area contributed by atoms with Gasteiger partial charge in [0.1, 0.15) is 6.07 Å². The van der Waals surface area contributed by atoms with Crippen LogP contribution in [0.25, 0.3) is 0 Å². The molecule has 6 nitrogen and oxygen atoms in total. The fourth-order valence-electron chi connectivity index (χ4n) is 6.06. The minimum Gasteiger partial charge on any atom is -0.493 e. The lowest BCUT2D eigenvalue weighted by Gasteiger charge is -2.56. The normalized spacial score (nSPS) is 30.2. The Bertz CT molecular complexity index is 776. The van der Waals surface area contributed by atoms with Crippen molar-refractivity contribution in [3.63, 3.8) is 0 Å². The van der Waals surface area contributed by atoms with Gasteiger partial charge in [0, 0.05) is 6.42 Å². The third-order valence-electron chi connectivity index (χ3n) is 6.58. The Morgan fingerprint density at radius 1 is 1.25 bits per heavy atom. The summed E-state index contributed by atoms with van der Waals surface area (Å²) in [5.41, 5.74) is 3.72. The zero-order valence-corrected chi connectivity index (χ0v) is 16.3. The van der Waals surface area contributed by atoms with Crippen LogP contribution >= 0.6 is 0 Å². The zero-order valence-electron chi connectivity index (χ0n) is 16.3. The van der Waals surface area contributed by atoms with E-state index in [1.807, 2.05) is 12.1 Å². The number of nitriles is 1. The van der Waals surface area contributed by atoms with Crippen LogP contribution in [0.4, 0.5) is 0 Å². The molecule has 0 atom stereocenters. The van der Waals surface area contributed by atoms with E-state index in [-0.39, 0.29) is 17.9 Å². The van der Waals surface area contributed by atoms with Crippen LogP contribution in [-0.4, -0.2) is 25.8 Å². The molecule has 0 radical (unpaired) electrons. The highest BCUT2D eigenvalue weighted by molar-refractivity contribution is 5.83. The molecule has 0 spiro atoms. The SMILES string of the molecule is COc1cc(/C=N\NC(=O)CC23CC4CC(CC(C4)C2)C3)ccc1OCC#N. The number of carbonyl (C=O) groups is 1. The average molecular weight is 381 g/mol. The molecule has 4 aliphatic rings. The molecule has 0 aromatic heterocycles. The van der Waals surface area contributed by atoms with Gasteiger partial charge in [-0.1, -0.05) is 0 Å². The third-order valence-corrected chi connectivity index (χ3v) is 6.58. The maximum atomic E-state index is 12.5. The van der Waals surface area contributed by atoms with E-state index in [4.69, 9.17) is 14.7 Å². The topological polar surface area (TPSA) is 83.7 Å². The Kier molecular flexibility index (Phi) is 5.25. The second-order valence-electron chi connectivity index (χ2n) is 8.74. The molecule has 0 aliphatic heterocycles. The van der Waals surface area contributed by atoms with Crippen molar-refractivity contribution in [1.82, 2.24) is 5.43 Å². The van der Waals surface area contributed by atoms with Gasteiger partial charge in [0.05, 0.1) is 13.3 Å². The summed E-state index contributed by atoms with van der Waals surface area (Å²) in [7, 11) is 1.54. The first kappa shape index (κ1) is 18.8. The molecule has 0 heterocycles. The standard InChI is InChI=1S/C22H27N3O3/c1-27-20-9-15(2-3-19(20)28-5-4-23)14-24-25-21(26)13-22-10-16-6-17(11-22)8-18(7-16)12-22/h2-3,9,14,16-18H,5-8,10-13H2,1H3,(H,25,26)/b24-14-. The van der Waals surface area contributed by atoms with Gasteiger partial charge in [-0.15, -0.1) is 0 Å². The van der Waals surface area contributed by atoms with Crippen LogP contribution in [0.5, 0.6) is 11.5 Å². The monoisotopic (exact) mass is 381 g/mol. The summed E-state index contributed by atoms with van der Waals surface area (Å²) < 4.78 is 10.6. The summed E-state index contributed by atoms with van der Waals surface area (Å²) in [5, 5.41) is 12.8. The smallest absolute Gasteiger partial charge is 0.240 e. The van der Waals surface area contributed by atoms with Crippen molar-refractivity contribution in [2.24, 2.45) is 28.3 Å². The number of hydrogen-bond acceptors (Lipinski definition) is 5. The molecule has 6 heteroatoms. The molecule has 4 fully saturated rings. The second-order valence-corrected chi connectivity index (χ2v) is 8.74. The lowest BCUT2D eigenvalue weighted by atomic mass is 9.49. The van der Waals surface area contributed by atoms with Crippen LogP contribution in [-0.2, 0) is 4.79 Å². The van der Waals surface area contributed by atoms with Crippen molar-refractivity contribution in [2.45, 2.75) is 44.9 Å². The lowest BCUT2D eigenvalue weighted by molar-refractivity contribution is -0.129. The number of rotatable bonds is 7. The number of hydrazone groups is 1. The summed E-state index contributed by atoms with van der Waals surface area (Å²) in [6.45, 7) is -0.0375. The van der Waals surface area contributed by atoms with Crippen molar-refractivity contribution in [3.05, 3.63) is 23.8 Å². The maximum absolute atomic E-state index is 12.5. The largest absolute Gasteiger partial charge is 0.493 e. The minimum atomic E-state index is -0.0375. The van der Waals surface area contributed by atoms with Gasteiger partial charge in [-0.25, -0.2) is 5.43 Å². The van der Waals surface area contributed by atoms with Crippen molar-refractivity contribution in [2.75, 3.05) is 13.7 Å². The van der Waals surface area contributed by atoms with E-state index in [0.29, 0.717) is 17.9 Å². The highest BCUT2D eigenvalue weighted by Crippen LogP contribution is 2.61. The van der Waals surface area contributed by atoms with Gasteiger partial charge < -0.3 is 9.47 Å². The first-order valence-corrected chi connectivity index (χ1v) is 10.1. The number of carbonyl (C=O) groups excluding carboxylic acids is 1. The number of methoxy groups -OCH3 is 1. The molecule has 1 amide bonds. The second kappa shape index (κ2) is 7.83. The van der Waals surface area contributed by atoms with Crippen molar-refractivity contribution in [1.29, 1.82) is 5.26 Å². The summed E-state index contributed by atoms with van der Waals surface area (Å²) in [6, 6.07) is 7.24. The van der Waals surface area contributed by atoms with Crippen LogP contribution in [0, 0.1) is 34.5 Å². The first-order chi connectivity index (χ1) is 13.6. The lowest BCUT2D eigenvalue weighted by Crippen LogP contribution is -2.47. The summed E-state index contributed by atoms with van der Waals surface area (Å²) in [6.07, 6.45) is 10.0. The molecule has 28 heavy (non-hydrogen) atoms. The molecule has 148 valence electrons. The van der Waals surface area contributed by atoms with Crippen LogP contribution < -0.4 is 14.9 Å². The quantitative estimate of drug-likeness (QED) is 0.577. The van der Waals surface area contributed by atoms with E-state index in [1.54, 1.807) is 25.5 Å². The predicted octanol–water partition coefficient (Wildman–Crippen LogP) is 3.65. The van der Waals surface area contributed by atoms with Gasteiger partial charge in [0.2, 0.25) is 5.91 Å². The van der Waals surface area contributed by atoms with Gasteiger partial charge in [0.25, 0.3) is 0 Å². The Morgan fingerprint density at radius 2 is 1.93 bits per heavy atom. The molecule has 1 aromatic carbocycles. The Hall–Kier alpha value is -2.55. The average Bonchev–Trinajstić information content (AvgIpc) is 2.65. The van der Waals surface area contributed by atoms with Crippen molar-refractivity contribution in [3.8, 4) is 17.6 Å². The van der Waals surface area contributed by atoms with Crippen molar-refractivity contribution >= 4 is 12.1 Å². The molecule has 1 N–H and O–H groups in total. The summed E-state index contributed by atoms with van der Waals surface area (Å²) in [4.78, 5) is 12.5. The number of hydrogen-bond donors (Lipinski definition) is 1. The summed E-state index contributed by atoms with van der Waals surface area (Å²) >= 11 is 0. The molecule has 0 saturated heterocycles. The highest BCUT2D eigenvalue weighted by atomic mass is 16.5. The van der Waals surface area contributed by atoms with E-state index in [1.165, 1.54) is 38.5 Å². The summed E-state index contributed by atoms with van der Waals surface area (Å²) in [5.74, 6) is 3.58. The molecular formula is C22H27N3O3. The Morgan fingerprint density at radius 3 is 2.54 bits per heavy atom. The number of nitrogens with one attached hydrogen (secondary N) is 1. The van der Waals surface area contributed by atoms with Gasteiger partial charge in [-0.3, -0.25) is 4.79 Å². The Labute approximate surface area is 165 Å². The van der Waals surface area contributed by atoms with Crippen LogP contribution in [0.1, 0.15) is 50.5 Å². The zero-order chi connectivity index (χ0) is 19.6. The van der Waals surface area contributed by atoms with Gasteiger partial charge in [-0.05, 0) is 85.5 Å². The Balaban J connectivity index is 1.33. The predicted molar refractivity (Wildman–Crippen MR) is 105 cm³/mol.